The van der Waals surface area contributed by atoms with E-state index in [1.807, 2.05) is 0 Å². The summed E-state index contributed by atoms with van der Waals surface area (Å²) in [5.74, 6) is 0. The van der Waals surface area contributed by atoms with Gasteiger partial charge in [-0.05, 0) is 51.4 Å². The van der Waals surface area contributed by atoms with Crippen molar-refractivity contribution < 1.29 is 0 Å². The van der Waals surface area contributed by atoms with Crippen LogP contribution in [-0.2, 0) is 6.42 Å². The molecule has 1 N–H and O–H groups in total. The first-order valence-electron chi connectivity index (χ1n) is 7.31. The van der Waals surface area contributed by atoms with E-state index >= 15 is 0 Å². The molecule has 0 amide bonds. The number of aryl methyl sites for hydroxylation is 3. The molecule has 0 aliphatic rings. The average Bonchev–Trinajstić information content (AvgIpc) is 2.90. The molecule has 2 aromatic rings. The zero-order valence-electron chi connectivity index (χ0n) is 12.6. The lowest BCUT2D eigenvalue weighted by Crippen LogP contribution is -2.16. The molecule has 0 aliphatic heterocycles. The van der Waals surface area contributed by atoms with E-state index in [1.165, 1.54) is 23.1 Å². The minimum atomic E-state index is 1.01. The van der Waals surface area contributed by atoms with Crippen LogP contribution in [0, 0.1) is 13.8 Å². The molecule has 0 unspecified atom stereocenters. The second-order valence-electron chi connectivity index (χ2n) is 5.17. The van der Waals surface area contributed by atoms with Crippen molar-refractivity contribution in [3.63, 3.8) is 0 Å². The van der Waals surface area contributed by atoms with Crippen LogP contribution in [0.4, 0.5) is 0 Å². The monoisotopic (exact) mass is 289 g/mol. The smallest absolute Gasteiger partial charge is 0.148 e. The van der Waals surface area contributed by atoms with E-state index in [-0.39, 0.29) is 0 Å². The van der Waals surface area contributed by atoms with Crippen LogP contribution in [0.2, 0.25) is 0 Å². The summed E-state index contributed by atoms with van der Waals surface area (Å²) in [6.07, 6.45) is 3.33. The summed E-state index contributed by atoms with van der Waals surface area (Å²) in [5.41, 5.74) is 3.76. The van der Waals surface area contributed by atoms with Gasteiger partial charge >= 0.3 is 0 Å². The van der Waals surface area contributed by atoms with Gasteiger partial charge in [0.25, 0.3) is 0 Å². The van der Waals surface area contributed by atoms with Gasteiger partial charge in [-0.1, -0.05) is 36.0 Å². The SMILES string of the molecule is CCCNCCCc1nnc(-c2cc(C)ccc2C)s1. The Morgan fingerprint density at radius 1 is 1.15 bits per heavy atom. The summed E-state index contributed by atoms with van der Waals surface area (Å²) in [5, 5.41) is 14.3. The maximum Gasteiger partial charge on any atom is 0.148 e. The Hall–Kier alpha value is -1.26. The molecule has 3 nitrogen and oxygen atoms in total. The summed E-state index contributed by atoms with van der Waals surface area (Å²) in [6.45, 7) is 8.60. The Morgan fingerprint density at radius 3 is 2.80 bits per heavy atom. The molecule has 0 bridgehead atoms. The van der Waals surface area contributed by atoms with Gasteiger partial charge in [0.1, 0.15) is 10.0 Å². The maximum absolute atomic E-state index is 4.35. The molecule has 0 spiro atoms. The zero-order chi connectivity index (χ0) is 14.4. The molecule has 1 aromatic heterocycles. The van der Waals surface area contributed by atoms with Crippen LogP contribution in [0.15, 0.2) is 18.2 Å². The van der Waals surface area contributed by atoms with Gasteiger partial charge in [0, 0.05) is 12.0 Å². The first-order chi connectivity index (χ1) is 9.70. The molecule has 2 rings (SSSR count). The number of hydrogen-bond donors (Lipinski definition) is 1. The van der Waals surface area contributed by atoms with E-state index in [9.17, 15) is 0 Å². The summed E-state index contributed by atoms with van der Waals surface area (Å²) in [4.78, 5) is 0. The Kier molecular flexibility index (Phi) is 5.68. The highest BCUT2D eigenvalue weighted by atomic mass is 32.1. The topological polar surface area (TPSA) is 37.8 Å². The van der Waals surface area contributed by atoms with Gasteiger partial charge in [-0.3, -0.25) is 0 Å². The van der Waals surface area contributed by atoms with Crippen molar-refractivity contribution in [2.24, 2.45) is 0 Å². The van der Waals surface area contributed by atoms with Crippen LogP contribution in [0.25, 0.3) is 10.6 Å². The van der Waals surface area contributed by atoms with Crippen LogP contribution in [0.5, 0.6) is 0 Å². The molecule has 0 radical (unpaired) electrons. The molecule has 0 fully saturated rings. The predicted octanol–water partition coefficient (Wildman–Crippen LogP) is 3.75. The zero-order valence-corrected chi connectivity index (χ0v) is 13.4. The second-order valence-corrected chi connectivity index (χ2v) is 6.23. The number of aromatic nitrogens is 2. The van der Waals surface area contributed by atoms with Crippen molar-refractivity contribution in [2.45, 2.75) is 40.0 Å². The number of hydrogen-bond acceptors (Lipinski definition) is 4. The molecule has 1 aromatic carbocycles. The highest BCUT2D eigenvalue weighted by Gasteiger charge is 2.09. The van der Waals surface area contributed by atoms with Crippen LogP contribution >= 0.6 is 11.3 Å². The Morgan fingerprint density at radius 2 is 2.00 bits per heavy atom. The first-order valence-corrected chi connectivity index (χ1v) is 8.13. The van der Waals surface area contributed by atoms with Gasteiger partial charge in [0.15, 0.2) is 0 Å². The Balaban J connectivity index is 1.96. The van der Waals surface area contributed by atoms with Crippen LogP contribution in [0.3, 0.4) is 0 Å². The van der Waals surface area contributed by atoms with Crippen LogP contribution < -0.4 is 5.32 Å². The van der Waals surface area contributed by atoms with E-state index in [0.29, 0.717) is 0 Å². The minimum Gasteiger partial charge on any atom is -0.317 e. The third-order valence-electron chi connectivity index (χ3n) is 3.26. The van der Waals surface area contributed by atoms with Crippen molar-refractivity contribution in [1.29, 1.82) is 0 Å². The quantitative estimate of drug-likeness (QED) is 0.789. The number of benzene rings is 1. The van der Waals surface area contributed by atoms with Crippen molar-refractivity contribution in [2.75, 3.05) is 13.1 Å². The fourth-order valence-corrected chi connectivity index (χ4v) is 3.06. The third-order valence-corrected chi connectivity index (χ3v) is 4.28. The normalized spacial score (nSPS) is 10.9. The Bertz CT molecular complexity index is 548. The van der Waals surface area contributed by atoms with E-state index < -0.39 is 0 Å². The van der Waals surface area contributed by atoms with Gasteiger partial charge in [-0.15, -0.1) is 10.2 Å². The lowest BCUT2D eigenvalue weighted by molar-refractivity contribution is 0.637. The molecule has 20 heavy (non-hydrogen) atoms. The van der Waals surface area contributed by atoms with Crippen molar-refractivity contribution >= 4 is 11.3 Å². The lowest BCUT2D eigenvalue weighted by Gasteiger charge is -2.02. The van der Waals surface area contributed by atoms with E-state index in [2.05, 4.69) is 54.5 Å². The van der Waals surface area contributed by atoms with Crippen molar-refractivity contribution in [1.82, 2.24) is 15.5 Å². The lowest BCUT2D eigenvalue weighted by atomic mass is 10.1. The van der Waals surface area contributed by atoms with Gasteiger partial charge in [0.05, 0.1) is 0 Å². The largest absolute Gasteiger partial charge is 0.317 e. The van der Waals surface area contributed by atoms with Crippen LogP contribution in [0.1, 0.15) is 35.9 Å². The fraction of sp³-hybridized carbons (Fsp3) is 0.500. The molecule has 0 saturated heterocycles. The number of nitrogens with one attached hydrogen (secondary N) is 1. The summed E-state index contributed by atoms with van der Waals surface area (Å²) >= 11 is 1.72. The standard InChI is InChI=1S/C16H23N3S/c1-4-9-17-10-5-6-15-18-19-16(20-15)14-11-12(2)7-8-13(14)3/h7-8,11,17H,4-6,9-10H2,1-3H3. The van der Waals surface area contributed by atoms with E-state index in [1.54, 1.807) is 11.3 Å². The summed E-state index contributed by atoms with van der Waals surface area (Å²) in [6, 6.07) is 6.49. The fourth-order valence-electron chi connectivity index (χ4n) is 2.10. The average molecular weight is 289 g/mol. The molecular weight excluding hydrogens is 266 g/mol. The predicted molar refractivity (Wildman–Crippen MR) is 86.3 cm³/mol. The molecular formula is C16H23N3S. The van der Waals surface area contributed by atoms with E-state index in [0.717, 1.165) is 35.9 Å². The third kappa shape index (κ3) is 4.12. The molecule has 0 aliphatic carbocycles. The molecule has 1 heterocycles. The maximum atomic E-state index is 4.35. The first kappa shape index (κ1) is 15.1. The minimum absolute atomic E-state index is 1.01. The second kappa shape index (κ2) is 7.50. The molecule has 0 saturated carbocycles. The molecule has 0 atom stereocenters. The number of nitrogens with zero attached hydrogens (tertiary/aromatic N) is 2. The van der Waals surface area contributed by atoms with E-state index in [4.69, 9.17) is 0 Å². The van der Waals surface area contributed by atoms with Gasteiger partial charge in [-0.25, -0.2) is 0 Å². The Labute approximate surface area is 125 Å². The molecule has 108 valence electrons. The summed E-state index contributed by atoms with van der Waals surface area (Å²) in [7, 11) is 0. The summed E-state index contributed by atoms with van der Waals surface area (Å²) < 4.78 is 0. The van der Waals surface area contributed by atoms with Gasteiger partial charge in [0.2, 0.25) is 0 Å². The van der Waals surface area contributed by atoms with Crippen LogP contribution in [-0.4, -0.2) is 23.3 Å². The van der Waals surface area contributed by atoms with Crippen molar-refractivity contribution in [3.05, 3.63) is 34.3 Å². The highest BCUT2D eigenvalue weighted by Crippen LogP contribution is 2.27. The van der Waals surface area contributed by atoms with Gasteiger partial charge in [-0.2, -0.15) is 0 Å². The van der Waals surface area contributed by atoms with Gasteiger partial charge < -0.3 is 5.32 Å². The molecule has 4 heteroatoms. The highest BCUT2D eigenvalue weighted by molar-refractivity contribution is 7.14. The number of rotatable bonds is 7. The van der Waals surface area contributed by atoms with Crippen molar-refractivity contribution in [3.8, 4) is 10.6 Å².